The van der Waals surface area contributed by atoms with Gasteiger partial charge in [0.05, 0.1) is 0 Å². The molecule has 0 aliphatic rings. The molecule has 3 aromatic rings. The summed E-state index contributed by atoms with van der Waals surface area (Å²) < 4.78 is 55.6. The molecule has 0 N–H and O–H groups in total. The Morgan fingerprint density at radius 3 is 2.30 bits per heavy atom. The molecule has 0 atom stereocenters. The first-order valence-corrected chi connectivity index (χ1v) is 8.94. The molecule has 0 amide bonds. The Hall–Kier alpha value is -2.56. The van der Waals surface area contributed by atoms with Gasteiger partial charge in [-0.1, -0.05) is 62.2 Å². The van der Waals surface area contributed by atoms with E-state index in [0.717, 1.165) is 24.6 Å². The van der Waals surface area contributed by atoms with Crippen LogP contribution in [0, 0.1) is 5.82 Å². The van der Waals surface area contributed by atoms with Crippen molar-refractivity contribution < 1.29 is 22.3 Å². The van der Waals surface area contributed by atoms with Crippen molar-refractivity contribution in [2.75, 3.05) is 0 Å². The SMILES string of the molecule is CCCCCc1ccc2c(F)c(-c3ccc(OC(F)(F)F)cc3)ccc2c1. The van der Waals surface area contributed by atoms with Crippen LogP contribution in [-0.2, 0) is 6.42 Å². The van der Waals surface area contributed by atoms with Crippen LogP contribution in [0.3, 0.4) is 0 Å². The van der Waals surface area contributed by atoms with Crippen LogP contribution in [0.5, 0.6) is 5.75 Å². The normalized spacial score (nSPS) is 11.7. The minimum absolute atomic E-state index is 0.329. The first-order chi connectivity index (χ1) is 12.9. The van der Waals surface area contributed by atoms with E-state index in [1.54, 1.807) is 12.1 Å². The van der Waals surface area contributed by atoms with Gasteiger partial charge in [-0.2, -0.15) is 0 Å². The van der Waals surface area contributed by atoms with E-state index in [9.17, 15) is 17.6 Å². The molecule has 0 unspecified atom stereocenters. The Balaban J connectivity index is 1.87. The number of ether oxygens (including phenoxy) is 1. The Morgan fingerprint density at radius 1 is 0.889 bits per heavy atom. The zero-order chi connectivity index (χ0) is 19.4. The van der Waals surface area contributed by atoms with Gasteiger partial charge in [0.25, 0.3) is 0 Å². The summed E-state index contributed by atoms with van der Waals surface area (Å²) in [5, 5.41) is 1.32. The van der Waals surface area contributed by atoms with Crippen molar-refractivity contribution in [3.8, 4) is 16.9 Å². The van der Waals surface area contributed by atoms with E-state index in [0.29, 0.717) is 16.5 Å². The van der Waals surface area contributed by atoms with E-state index >= 15 is 0 Å². The van der Waals surface area contributed by atoms with Crippen LogP contribution in [0.15, 0.2) is 54.6 Å². The lowest BCUT2D eigenvalue weighted by Crippen LogP contribution is -2.16. The number of halogens is 4. The van der Waals surface area contributed by atoms with Crippen LogP contribution < -0.4 is 4.74 Å². The molecule has 3 rings (SSSR count). The van der Waals surface area contributed by atoms with Crippen LogP contribution >= 0.6 is 0 Å². The van der Waals surface area contributed by atoms with Crippen molar-refractivity contribution in [2.24, 2.45) is 0 Å². The topological polar surface area (TPSA) is 9.23 Å². The van der Waals surface area contributed by atoms with Crippen molar-refractivity contribution in [1.82, 2.24) is 0 Å². The van der Waals surface area contributed by atoms with Gasteiger partial charge in [-0.3, -0.25) is 0 Å². The number of hydrogen-bond acceptors (Lipinski definition) is 1. The van der Waals surface area contributed by atoms with Gasteiger partial charge in [0.2, 0.25) is 0 Å². The number of fused-ring (bicyclic) bond motifs is 1. The third-order valence-corrected chi connectivity index (χ3v) is 4.49. The van der Waals surface area contributed by atoms with Gasteiger partial charge >= 0.3 is 6.36 Å². The number of benzene rings is 3. The molecule has 0 saturated carbocycles. The molecule has 142 valence electrons. The number of hydrogen-bond donors (Lipinski definition) is 0. The standard InChI is InChI=1S/C22H20F4O/c1-2-3-4-5-15-6-12-20-17(14-15)9-13-19(21(20)23)16-7-10-18(11-8-16)27-22(24,25)26/h6-14H,2-5H2,1H3. The molecule has 0 aliphatic carbocycles. The van der Waals surface area contributed by atoms with Crippen molar-refractivity contribution in [3.63, 3.8) is 0 Å². The fraction of sp³-hybridized carbons (Fsp3) is 0.273. The molecule has 0 heterocycles. The number of alkyl halides is 3. The Labute approximate surface area is 155 Å². The summed E-state index contributed by atoms with van der Waals surface area (Å²) in [6.07, 6.45) is -0.356. The third kappa shape index (κ3) is 4.79. The predicted molar refractivity (Wildman–Crippen MR) is 99.3 cm³/mol. The average Bonchev–Trinajstić information content (AvgIpc) is 2.62. The molecule has 0 bridgehead atoms. The molecule has 0 spiro atoms. The minimum Gasteiger partial charge on any atom is -0.406 e. The summed E-state index contributed by atoms with van der Waals surface area (Å²) in [7, 11) is 0. The highest BCUT2D eigenvalue weighted by Crippen LogP contribution is 2.32. The van der Waals surface area contributed by atoms with Gasteiger partial charge in [-0.15, -0.1) is 13.2 Å². The molecule has 1 nitrogen and oxygen atoms in total. The fourth-order valence-electron chi connectivity index (χ4n) is 3.14. The number of unbranched alkanes of at least 4 members (excludes halogenated alkanes) is 2. The lowest BCUT2D eigenvalue weighted by Gasteiger charge is -2.11. The lowest BCUT2D eigenvalue weighted by molar-refractivity contribution is -0.274. The predicted octanol–water partition coefficient (Wildman–Crippen LogP) is 7.28. The van der Waals surface area contributed by atoms with Gasteiger partial charge in [0.1, 0.15) is 11.6 Å². The van der Waals surface area contributed by atoms with E-state index in [-0.39, 0.29) is 11.6 Å². The summed E-state index contributed by atoms with van der Waals surface area (Å²) in [4.78, 5) is 0. The highest BCUT2D eigenvalue weighted by Gasteiger charge is 2.31. The molecule has 27 heavy (non-hydrogen) atoms. The van der Waals surface area contributed by atoms with Gasteiger partial charge in [-0.05, 0) is 41.5 Å². The van der Waals surface area contributed by atoms with Crippen LogP contribution in [0.2, 0.25) is 0 Å². The van der Waals surface area contributed by atoms with Crippen LogP contribution in [0.1, 0.15) is 31.7 Å². The summed E-state index contributed by atoms with van der Waals surface area (Å²) in [6.45, 7) is 2.15. The first kappa shape index (κ1) is 19.2. The summed E-state index contributed by atoms with van der Waals surface area (Å²) in [5.41, 5.74) is 2.02. The molecule has 0 saturated heterocycles. The van der Waals surface area contributed by atoms with Crippen molar-refractivity contribution in [2.45, 2.75) is 39.0 Å². The van der Waals surface area contributed by atoms with Crippen molar-refractivity contribution in [1.29, 1.82) is 0 Å². The van der Waals surface area contributed by atoms with Gasteiger partial charge < -0.3 is 4.74 Å². The van der Waals surface area contributed by atoms with Gasteiger partial charge in [0, 0.05) is 10.9 Å². The van der Waals surface area contributed by atoms with E-state index < -0.39 is 6.36 Å². The molecule has 5 heteroatoms. The van der Waals surface area contributed by atoms with Crippen LogP contribution in [-0.4, -0.2) is 6.36 Å². The van der Waals surface area contributed by atoms with Crippen molar-refractivity contribution >= 4 is 10.8 Å². The van der Waals surface area contributed by atoms with E-state index in [1.807, 2.05) is 18.2 Å². The average molecular weight is 376 g/mol. The molecule has 0 radical (unpaired) electrons. The highest BCUT2D eigenvalue weighted by atomic mass is 19.4. The third-order valence-electron chi connectivity index (χ3n) is 4.49. The largest absolute Gasteiger partial charge is 0.573 e. The number of aryl methyl sites for hydroxylation is 1. The highest BCUT2D eigenvalue weighted by molar-refractivity contribution is 5.88. The first-order valence-electron chi connectivity index (χ1n) is 8.94. The summed E-state index contributed by atoms with van der Waals surface area (Å²) >= 11 is 0. The summed E-state index contributed by atoms with van der Waals surface area (Å²) in [6, 6.07) is 14.4. The maximum absolute atomic E-state index is 15.0. The van der Waals surface area contributed by atoms with E-state index in [4.69, 9.17) is 0 Å². The van der Waals surface area contributed by atoms with E-state index in [2.05, 4.69) is 11.7 Å². The number of rotatable bonds is 6. The Kier molecular flexibility index (Phi) is 5.68. The second kappa shape index (κ2) is 7.99. The van der Waals surface area contributed by atoms with Gasteiger partial charge in [0.15, 0.2) is 0 Å². The zero-order valence-electron chi connectivity index (χ0n) is 14.9. The maximum atomic E-state index is 15.0. The Bertz CT molecular complexity index is 914. The molecule has 0 fully saturated rings. The molecular formula is C22H20F4O. The lowest BCUT2D eigenvalue weighted by atomic mass is 9.97. The zero-order valence-corrected chi connectivity index (χ0v) is 14.9. The van der Waals surface area contributed by atoms with E-state index in [1.165, 1.54) is 36.2 Å². The second-order valence-electron chi connectivity index (χ2n) is 6.51. The monoisotopic (exact) mass is 376 g/mol. The smallest absolute Gasteiger partial charge is 0.406 e. The van der Waals surface area contributed by atoms with Crippen molar-refractivity contribution in [3.05, 3.63) is 66.0 Å². The Morgan fingerprint density at radius 2 is 1.63 bits per heavy atom. The molecule has 3 aromatic carbocycles. The van der Waals surface area contributed by atoms with Crippen LogP contribution in [0.25, 0.3) is 21.9 Å². The maximum Gasteiger partial charge on any atom is 0.573 e. The molecule has 0 aromatic heterocycles. The van der Waals surface area contributed by atoms with Crippen LogP contribution in [0.4, 0.5) is 17.6 Å². The fourth-order valence-corrected chi connectivity index (χ4v) is 3.14. The second-order valence-corrected chi connectivity index (χ2v) is 6.51. The quantitative estimate of drug-likeness (QED) is 0.324. The minimum atomic E-state index is -4.75. The van der Waals surface area contributed by atoms with Gasteiger partial charge in [-0.25, -0.2) is 4.39 Å². The molecular weight excluding hydrogens is 356 g/mol. The summed E-state index contributed by atoms with van der Waals surface area (Å²) in [5.74, 6) is -0.707. The molecule has 0 aliphatic heterocycles.